The Hall–Kier alpha value is -3.87. The van der Waals surface area contributed by atoms with Crippen molar-refractivity contribution >= 4 is 17.7 Å². The molecule has 1 N–H and O–H groups in total. The smallest absolute Gasteiger partial charge is 0.416 e. The fourth-order valence-corrected chi connectivity index (χ4v) is 6.92. The summed E-state index contributed by atoms with van der Waals surface area (Å²) in [4.78, 5) is 35.1. The Morgan fingerprint density at radius 1 is 1.14 bits per heavy atom. The first kappa shape index (κ1) is 30.2. The number of benzene rings is 1. The molecule has 0 spiro atoms. The van der Waals surface area contributed by atoms with Gasteiger partial charge in [0.2, 0.25) is 6.35 Å². The average molecular weight is 615 g/mol. The highest BCUT2D eigenvalue weighted by Crippen LogP contribution is 2.51. The van der Waals surface area contributed by atoms with Crippen LogP contribution < -0.4 is 4.90 Å². The van der Waals surface area contributed by atoms with Gasteiger partial charge < -0.3 is 14.7 Å². The van der Waals surface area contributed by atoms with Gasteiger partial charge in [-0.25, -0.2) is 4.98 Å². The number of amides is 1. The van der Waals surface area contributed by atoms with Crippen LogP contribution in [0.15, 0.2) is 36.7 Å². The third kappa shape index (κ3) is 5.35. The van der Waals surface area contributed by atoms with Gasteiger partial charge in [0.05, 0.1) is 29.3 Å². The Morgan fingerprint density at radius 3 is 2.52 bits per heavy atom. The molecule has 13 heteroatoms. The Labute approximate surface area is 253 Å². The molecule has 3 aliphatic carbocycles. The summed E-state index contributed by atoms with van der Waals surface area (Å²) in [5.74, 6) is 0.551. The summed E-state index contributed by atoms with van der Waals surface area (Å²) in [6, 6.07) is 5.05. The van der Waals surface area contributed by atoms with E-state index < -0.39 is 29.4 Å². The Morgan fingerprint density at radius 2 is 1.86 bits per heavy atom. The van der Waals surface area contributed by atoms with Crippen LogP contribution in [-0.2, 0) is 29.0 Å². The number of aliphatic hydroxyl groups is 1. The van der Waals surface area contributed by atoms with E-state index in [-0.39, 0.29) is 30.8 Å². The van der Waals surface area contributed by atoms with Crippen LogP contribution in [-0.4, -0.2) is 60.7 Å². The monoisotopic (exact) mass is 614 g/mol. The lowest BCUT2D eigenvalue weighted by Crippen LogP contribution is -2.56. The molecule has 0 radical (unpaired) electrons. The lowest BCUT2D eigenvalue weighted by atomic mass is 9.61. The van der Waals surface area contributed by atoms with Gasteiger partial charge in [-0.05, 0) is 75.5 Å². The predicted molar refractivity (Wildman–Crippen MR) is 154 cm³/mol. The fourth-order valence-electron chi connectivity index (χ4n) is 6.92. The number of anilines is 1. The summed E-state index contributed by atoms with van der Waals surface area (Å²) in [6.45, 7) is 4.25. The fraction of sp³-hybridized carbons (Fsp3) is 0.548. The second-order valence-corrected chi connectivity index (χ2v) is 12.1. The highest BCUT2D eigenvalue weighted by molar-refractivity contribution is 6.00. The number of carbonyl (C=O) groups excluding carboxylic acids is 2. The van der Waals surface area contributed by atoms with Crippen LogP contribution in [0, 0.1) is 11.3 Å². The number of rotatable bonds is 9. The number of carbonyl (C=O) groups is 2. The van der Waals surface area contributed by atoms with Crippen molar-refractivity contribution in [3.63, 3.8) is 0 Å². The van der Waals surface area contributed by atoms with Crippen molar-refractivity contribution in [2.24, 2.45) is 11.3 Å². The van der Waals surface area contributed by atoms with Crippen LogP contribution >= 0.6 is 0 Å². The second kappa shape index (κ2) is 11.6. The summed E-state index contributed by atoms with van der Waals surface area (Å²) in [6.07, 6.45) is 3.54. The number of esters is 1. The van der Waals surface area contributed by atoms with E-state index in [4.69, 9.17) is 9.72 Å². The van der Waals surface area contributed by atoms with Gasteiger partial charge in [0.25, 0.3) is 5.91 Å². The van der Waals surface area contributed by atoms with Crippen LogP contribution in [0.25, 0.3) is 11.4 Å². The number of aliphatic hydroxyl groups excluding tert-OH is 1. The topological polar surface area (TPSA) is 106 Å². The van der Waals surface area contributed by atoms with E-state index in [2.05, 4.69) is 5.10 Å². The van der Waals surface area contributed by atoms with E-state index in [1.54, 1.807) is 21.7 Å². The van der Waals surface area contributed by atoms with Gasteiger partial charge >= 0.3 is 12.1 Å². The maximum atomic E-state index is 13.8. The van der Waals surface area contributed by atoms with Gasteiger partial charge in [-0.15, -0.1) is 0 Å². The zero-order chi connectivity index (χ0) is 31.2. The second-order valence-electron chi connectivity index (χ2n) is 12.1. The Balaban J connectivity index is 1.35. The molecular formula is C31H37F3N6O4. The summed E-state index contributed by atoms with van der Waals surface area (Å²) < 4.78 is 48.8. The molecule has 44 heavy (non-hydrogen) atoms. The number of aromatic nitrogens is 4. The number of hydrogen-bond donors (Lipinski definition) is 1. The first-order valence-corrected chi connectivity index (χ1v) is 15.3. The van der Waals surface area contributed by atoms with Crippen LogP contribution in [0.3, 0.4) is 0 Å². The first-order valence-electron chi connectivity index (χ1n) is 15.3. The number of nitrogens with zero attached hydrogens (tertiary/aromatic N) is 6. The zero-order valence-electron chi connectivity index (χ0n) is 24.9. The van der Waals surface area contributed by atoms with Crippen LogP contribution in [0.2, 0.25) is 0 Å². The number of fused-ring (bicyclic) bond motifs is 4. The molecule has 3 heterocycles. The van der Waals surface area contributed by atoms with Gasteiger partial charge in [0.15, 0.2) is 18.2 Å². The van der Waals surface area contributed by atoms with E-state index >= 15 is 0 Å². The quantitative estimate of drug-likeness (QED) is 0.328. The minimum Gasteiger partial charge on any atom is -0.443 e. The third-order valence-electron chi connectivity index (χ3n) is 9.39. The molecule has 4 aliphatic rings. The number of ether oxygens (including phenoxy) is 1. The first-order chi connectivity index (χ1) is 21.0. The largest absolute Gasteiger partial charge is 0.443 e. The Kier molecular flexibility index (Phi) is 7.93. The molecule has 1 amide bonds. The number of halogens is 3. The molecular weight excluding hydrogens is 577 g/mol. The van der Waals surface area contributed by atoms with E-state index in [1.165, 1.54) is 21.8 Å². The summed E-state index contributed by atoms with van der Waals surface area (Å²) in [7, 11) is 0. The van der Waals surface area contributed by atoms with Crippen molar-refractivity contribution in [1.82, 2.24) is 24.2 Å². The standard InChI is InChI=1S/C31H37F3N6O4/c1-3-14-39-27(41)24-26(38(4-2)29(39)43)36-25(40(24)19-44-28(42)30-11-8-20(9-12-30)10-13-30)22-16-35-37(18-22)17-21-6-5-7-23(15-21)31(32,33)34/h5-7,15-16,18,20,29,43H,3-4,8-14,17,19H2,1-2H3. The molecule has 3 fully saturated rings. The molecule has 3 saturated carbocycles. The molecule has 0 saturated heterocycles. The van der Waals surface area contributed by atoms with Crippen LogP contribution in [0.1, 0.15) is 80.4 Å². The molecule has 236 valence electrons. The normalized spacial score (nSPS) is 23.3. The minimum absolute atomic E-state index is 0.0752. The maximum absolute atomic E-state index is 13.8. The maximum Gasteiger partial charge on any atom is 0.416 e. The molecule has 7 rings (SSSR count). The van der Waals surface area contributed by atoms with Gasteiger partial charge in [0.1, 0.15) is 5.82 Å². The summed E-state index contributed by atoms with van der Waals surface area (Å²) in [5.41, 5.74) is -0.150. The molecule has 3 aromatic rings. The lowest BCUT2D eigenvalue weighted by Gasteiger charge is -2.44. The van der Waals surface area contributed by atoms with Gasteiger partial charge in [-0.2, -0.15) is 18.3 Å². The molecule has 1 unspecified atom stereocenters. The lowest BCUT2D eigenvalue weighted by molar-refractivity contribution is -0.166. The van der Waals surface area contributed by atoms with Gasteiger partial charge in [-0.3, -0.25) is 23.7 Å². The highest BCUT2D eigenvalue weighted by Gasteiger charge is 2.47. The zero-order valence-corrected chi connectivity index (χ0v) is 24.9. The van der Waals surface area contributed by atoms with Crippen molar-refractivity contribution < 1.29 is 32.6 Å². The number of alkyl halides is 3. The van der Waals surface area contributed by atoms with Crippen LogP contribution in [0.4, 0.5) is 19.0 Å². The molecule has 1 aromatic carbocycles. The molecule has 2 bridgehead atoms. The third-order valence-corrected chi connectivity index (χ3v) is 9.39. The van der Waals surface area contributed by atoms with Crippen LogP contribution in [0.5, 0.6) is 0 Å². The van der Waals surface area contributed by atoms with E-state index in [0.29, 0.717) is 42.4 Å². The Bertz CT molecular complexity index is 1530. The van der Waals surface area contributed by atoms with Crippen molar-refractivity contribution in [1.29, 1.82) is 0 Å². The number of hydrogen-bond acceptors (Lipinski definition) is 7. The van der Waals surface area contributed by atoms with E-state index in [1.807, 2.05) is 13.8 Å². The van der Waals surface area contributed by atoms with Crippen molar-refractivity contribution in [3.8, 4) is 11.4 Å². The minimum atomic E-state index is -4.46. The molecule has 1 aliphatic heterocycles. The van der Waals surface area contributed by atoms with E-state index in [0.717, 1.165) is 50.7 Å². The highest BCUT2D eigenvalue weighted by atomic mass is 19.4. The SMILES string of the molecule is CCCN1C(=O)c2c(nc(-c3cnn(Cc4cccc(C(F)(F)F)c4)c3)n2COC(=O)C23CCC(CC2)CC3)N(CC)C1O. The average Bonchev–Trinajstić information content (AvgIpc) is 3.63. The summed E-state index contributed by atoms with van der Waals surface area (Å²) in [5, 5.41) is 15.4. The van der Waals surface area contributed by atoms with Crippen molar-refractivity contribution in [2.45, 2.75) is 84.6 Å². The number of imidazole rings is 1. The summed E-state index contributed by atoms with van der Waals surface area (Å²) >= 11 is 0. The predicted octanol–water partition coefficient (Wildman–Crippen LogP) is 5.25. The van der Waals surface area contributed by atoms with Gasteiger partial charge in [0, 0.05) is 19.3 Å². The van der Waals surface area contributed by atoms with Gasteiger partial charge in [-0.1, -0.05) is 19.1 Å². The molecule has 10 nitrogen and oxygen atoms in total. The van der Waals surface area contributed by atoms with Crippen molar-refractivity contribution in [2.75, 3.05) is 18.0 Å². The molecule has 2 aromatic heterocycles. The van der Waals surface area contributed by atoms with E-state index in [9.17, 15) is 27.9 Å². The van der Waals surface area contributed by atoms with Crippen molar-refractivity contribution in [3.05, 3.63) is 53.5 Å². The molecule has 1 atom stereocenters.